The fraction of sp³-hybridized carbons (Fsp3) is 0.154. The van der Waals surface area contributed by atoms with Crippen LogP contribution >= 0.6 is 0 Å². The molecule has 2 aliphatic rings. The molecular weight excluding hydrogens is 562 g/mol. The molecule has 1 unspecified atom stereocenters. The van der Waals surface area contributed by atoms with Gasteiger partial charge in [0.05, 0.1) is 4.90 Å². The van der Waals surface area contributed by atoms with Crippen LogP contribution in [0.2, 0.25) is 0 Å². The van der Waals surface area contributed by atoms with Crippen LogP contribution in [0.25, 0.3) is 11.1 Å². The van der Waals surface area contributed by atoms with Gasteiger partial charge in [0.15, 0.2) is 0 Å². The standard InChI is InChI=1S/C26H21N3O11S/c30-21(9-10-28-22(31)5-6-23(28)32)27-14-1-3-16-17-4-2-15(41(36,37)38)12-19(17)20(18(16)11-14)13-39-26(35)40-29-24(33)7-8-25(29)34/h1-8,11-12,20,33-34H,9-10,13H2,(H,27,30)(H,36,37,38). The van der Waals surface area contributed by atoms with Crippen LogP contribution in [0, 0.1) is 0 Å². The summed E-state index contributed by atoms with van der Waals surface area (Å²) in [6.45, 7) is -0.503. The molecular formula is C26H21N3O11S. The zero-order valence-electron chi connectivity index (χ0n) is 20.9. The van der Waals surface area contributed by atoms with Gasteiger partial charge in [0.1, 0.15) is 6.61 Å². The Kier molecular flexibility index (Phi) is 6.98. The van der Waals surface area contributed by atoms with Gasteiger partial charge < -0.3 is 20.3 Å². The van der Waals surface area contributed by atoms with Crippen LogP contribution in [0.3, 0.4) is 0 Å². The first-order valence-electron chi connectivity index (χ1n) is 12.0. The van der Waals surface area contributed by atoms with Crippen LogP contribution in [-0.2, 0) is 29.2 Å². The third-order valence-electron chi connectivity index (χ3n) is 6.49. The van der Waals surface area contributed by atoms with Crippen molar-refractivity contribution in [3.8, 4) is 22.9 Å². The lowest BCUT2D eigenvalue weighted by Crippen LogP contribution is -2.33. The maximum Gasteiger partial charge on any atom is 0.534 e. The van der Waals surface area contributed by atoms with Crippen LogP contribution in [-0.4, -0.2) is 69.8 Å². The number of hydrogen-bond donors (Lipinski definition) is 4. The number of rotatable bonds is 8. The highest BCUT2D eigenvalue weighted by molar-refractivity contribution is 7.85. The predicted octanol–water partition coefficient (Wildman–Crippen LogP) is 1.78. The number of nitrogens with zero attached hydrogens (tertiary/aromatic N) is 2. The molecule has 5 rings (SSSR count). The quantitative estimate of drug-likeness (QED) is 0.171. The topological polar surface area (TPSA) is 202 Å². The Balaban J connectivity index is 1.37. The van der Waals surface area contributed by atoms with Gasteiger partial charge in [-0.05, 0) is 46.5 Å². The molecule has 3 amide bonds. The summed E-state index contributed by atoms with van der Waals surface area (Å²) in [5.74, 6) is -3.40. The van der Waals surface area contributed by atoms with E-state index in [2.05, 4.69) is 5.32 Å². The first-order chi connectivity index (χ1) is 19.4. The molecule has 1 aromatic heterocycles. The highest BCUT2D eigenvalue weighted by Crippen LogP contribution is 2.46. The average molecular weight is 584 g/mol. The minimum Gasteiger partial charge on any atom is -0.492 e. The van der Waals surface area contributed by atoms with E-state index in [0.717, 1.165) is 29.2 Å². The van der Waals surface area contributed by atoms with Crippen molar-refractivity contribution in [3.63, 3.8) is 0 Å². The van der Waals surface area contributed by atoms with E-state index in [9.17, 15) is 42.4 Å². The lowest BCUT2D eigenvalue weighted by Gasteiger charge is -2.16. The maximum atomic E-state index is 12.6. The van der Waals surface area contributed by atoms with Crippen molar-refractivity contribution in [2.75, 3.05) is 18.5 Å². The minimum atomic E-state index is -4.56. The monoisotopic (exact) mass is 583 g/mol. The number of nitrogens with one attached hydrogen (secondary N) is 1. The van der Waals surface area contributed by atoms with E-state index in [1.54, 1.807) is 18.2 Å². The molecule has 0 bridgehead atoms. The molecule has 0 saturated heterocycles. The number of hydrogen-bond acceptors (Lipinski definition) is 10. The van der Waals surface area contributed by atoms with Gasteiger partial charge in [-0.25, -0.2) is 4.79 Å². The molecule has 3 aromatic rings. The lowest BCUT2D eigenvalue weighted by molar-refractivity contribution is -0.137. The highest BCUT2D eigenvalue weighted by atomic mass is 32.2. The van der Waals surface area contributed by atoms with Gasteiger partial charge in [0, 0.05) is 48.9 Å². The third kappa shape index (κ3) is 5.48. The summed E-state index contributed by atoms with van der Waals surface area (Å²) in [6.07, 6.45) is 0.783. The predicted molar refractivity (Wildman–Crippen MR) is 138 cm³/mol. The second-order valence-corrected chi connectivity index (χ2v) is 10.5. The Morgan fingerprint density at radius 3 is 2.15 bits per heavy atom. The Bertz CT molecular complexity index is 1710. The van der Waals surface area contributed by atoms with Gasteiger partial charge in [-0.2, -0.15) is 8.42 Å². The fourth-order valence-electron chi connectivity index (χ4n) is 4.59. The van der Waals surface area contributed by atoms with Gasteiger partial charge in [-0.3, -0.25) is 28.7 Å². The van der Waals surface area contributed by atoms with Crippen molar-refractivity contribution < 1.29 is 51.9 Å². The van der Waals surface area contributed by atoms with Crippen molar-refractivity contribution in [3.05, 3.63) is 71.8 Å². The van der Waals surface area contributed by atoms with E-state index in [1.807, 2.05) is 0 Å². The van der Waals surface area contributed by atoms with E-state index in [1.165, 1.54) is 18.2 Å². The fourth-order valence-corrected chi connectivity index (χ4v) is 5.11. The largest absolute Gasteiger partial charge is 0.534 e. The Morgan fingerprint density at radius 1 is 0.902 bits per heavy atom. The number of ether oxygens (including phenoxy) is 1. The van der Waals surface area contributed by atoms with Crippen molar-refractivity contribution in [1.29, 1.82) is 0 Å². The van der Waals surface area contributed by atoms with E-state index < -0.39 is 51.7 Å². The van der Waals surface area contributed by atoms with Gasteiger partial charge >= 0.3 is 6.16 Å². The molecule has 2 heterocycles. The highest BCUT2D eigenvalue weighted by Gasteiger charge is 2.32. The summed E-state index contributed by atoms with van der Waals surface area (Å²) >= 11 is 0. The first-order valence-corrected chi connectivity index (χ1v) is 13.4. The second-order valence-electron chi connectivity index (χ2n) is 9.03. The molecule has 41 heavy (non-hydrogen) atoms. The number of anilines is 1. The van der Waals surface area contributed by atoms with Crippen LogP contribution in [0.15, 0.2) is 65.6 Å². The minimum absolute atomic E-state index is 0.115. The number of amides is 3. The van der Waals surface area contributed by atoms with E-state index in [-0.39, 0.29) is 24.5 Å². The molecule has 2 aromatic carbocycles. The Labute approximate surface area is 231 Å². The Hall–Kier alpha value is -5.15. The summed E-state index contributed by atoms with van der Waals surface area (Å²) in [6, 6.07) is 11.0. The smallest absolute Gasteiger partial charge is 0.492 e. The molecule has 0 radical (unpaired) electrons. The summed E-state index contributed by atoms with van der Waals surface area (Å²) in [7, 11) is -4.56. The van der Waals surface area contributed by atoms with Gasteiger partial charge in [-0.15, -0.1) is 4.73 Å². The second kappa shape index (κ2) is 10.4. The molecule has 15 heteroatoms. The van der Waals surface area contributed by atoms with E-state index >= 15 is 0 Å². The summed E-state index contributed by atoms with van der Waals surface area (Å²) < 4.78 is 38.8. The third-order valence-corrected chi connectivity index (χ3v) is 7.34. The summed E-state index contributed by atoms with van der Waals surface area (Å²) in [5, 5.41) is 22.0. The zero-order chi connectivity index (χ0) is 29.5. The normalized spacial score (nSPS) is 15.5. The van der Waals surface area contributed by atoms with Crippen molar-refractivity contribution in [2.24, 2.45) is 0 Å². The van der Waals surface area contributed by atoms with E-state index in [4.69, 9.17) is 9.57 Å². The van der Waals surface area contributed by atoms with Gasteiger partial charge in [-0.1, -0.05) is 12.1 Å². The molecule has 0 spiro atoms. The molecule has 1 aliphatic carbocycles. The zero-order valence-corrected chi connectivity index (χ0v) is 21.7. The SMILES string of the molecule is O=C(CCN1C(=O)C=CC1=O)Nc1ccc2c(c1)C(COC(=O)On1c(O)ccc1O)c1cc(S(=O)(=O)O)ccc1-2. The molecule has 0 fully saturated rings. The van der Waals surface area contributed by atoms with Crippen LogP contribution in [0.5, 0.6) is 11.8 Å². The lowest BCUT2D eigenvalue weighted by atomic mass is 9.97. The molecule has 1 aliphatic heterocycles. The summed E-state index contributed by atoms with van der Waals surface area (Å²) in [4.78, 5) is 53.6. The molecule has 212 valence electrons. The van der Waals surface area contributed by atoms with Crippen LogP contribution < -0.4 is 10.2 Å². The number of aromatic nitrogens is 1. The number of carbonyl (C=O) groups is 4. The number of benzene rings is 2. The summed E-state index contributed by atoms with van der Waals surface area (Å²) in [5.41, 5.74) is 2.51. The number of fused-ring (bicyclic) bond motifs is 3. The molecule has 14 nitrogen and oxygen atoms in total. The van der Waals surface area contributed by atoms with Gasteiger partial charge in [0.2, 0.25) is 17.7 Å². The van der Waals surface area contributed by atoms with Crippen LogP contribution in [0.4, 0.5) is 10.5 Å². The van der Waals surface area contributed by atoms with Crippen molar-refractivity contribution in [2.45, 2.75) is 17.2 Å². The molecule has 0 saturated carbocycles. The van der Waals surface area contributed by atoms with Crippen molar-refractivity contribution in [1.82, 2.24) is 9.63 Å². The number of imide groups is 1. The van der Waals surface area contributed by atoms with Crippen LogP contribution in [0.1, 0.15) is 23.5 Å². The maximum absolute atomic E-state index is 12.6. The Morgan fingerprint density at radius 2 is 1.51 bits per heavy atom. The molecule has 1 atom stereocenters. The van der Waals surface area contributed by atoms with E-state index in [0.29, 0.717) is 32.7 Å². The molecule has 4 N–H and O–H groups in total. The van der Waals surface area contributed by atoms with Crippen molar-refractivity contribution >= 4 is 39.7 Å². The first kappa shape index (κ1) is 27.4. The average Bonchev–Trinajstić information content (AvgIpc) is 3.53. The number of carbonyl (C=O) groups excluding carboxylic acids is 4. The number of aromatic hydroxyl groups is 2. The van der Waals surface area contributed by atoms with Gasteiger partial charge in [0.25, 0.3) is 21.9 Å².